The maximum absolute atomic E-state index is 11.4. The average Bonchev–Trinajstić information content (AvgIpc) is 2.71. The largest absolute Gasteiger partial charge is 0.468 e. The number of benzene rings is 1. The van der Waals surface area contributed by atoms with E-state index < -0.39 is 10.5 Å². The molecule has 4 rings (SSSR count). The molecular weight excluding hydrogens is 394 g/mol. The molecule has 0 amide bonds. The molecule has 6 atom stereocenters. The number of rotatable bonds is 5. The molecule has 0 heterocycles. The fourth-order valence-electron chi connectivity index (χ4n) is 6.85. The van der Waals surface area contributed by atoms with E-state index in [1.807, 2.05) is 0 Å². The standard InChI is InChI=1S/C25H37NO5/c1-23(2)13-12-21-22(25(23,4)27)10-5-17-15-20(11-14-24(17,21)3)31-16-30-19-8-6-18(7-9-19)26(28)29/h6-9,17,20-22,27H,5,10-16H2,1-4H3. The Balaban J connectivity index is 1.33. The lowest BCUT2D eigenvalue weighted by molar-refractivity contribution is -0.384. The van der Waals surface area contributed by atoms with Gasteiger partial charge in [0, 0.05) is 12.1 Å². The predicted molar refractivity (Wildman–Crippen MR) is 119 cm³/mol. The molecule has 0 radical (unpaired) electrons. The first-order chi connectivity index (χ1) is 14.5. The summed E-state index contributed by atoms with van der Waals surface area (Å²) in [5, 5.41) is 22.2. The molecule has 1 aromatic rings. The summed E-state index contributed by atoms with van der Waals surface area (Å²) in [6, 6.07) is 6.11. The first-order valence-corrected chi connectivity index (χ1v) is 11.8. The first-order valence-electron chi connectivity index (χ1n) is 11.8. The molecule has 0 aromatic heterocycles. The van der Waals surface area contributed by atoms with Gasteiger partial charge in [0.25, 0.3) is 5.69 Å². The second kappa shape index (κ2) is 8.04. The molecule has 3 aliphatic rings. The first kappa shape index (κ1) is 22.5. The van der Waals surface area contributed by atoms with Crippen LogP contribution in [0, 0.1) is 38.7 Å². The van der Waals surface area contributed by atoms with E-state index in [0.717, 1.165) is 38.5 Å². The molecule has 0 saturated heterocycles. The van der Waals surface area contributed by atoms with Crippen molar-refractivity contribution in [2.75, 3.05) is 6.79 Å². The van der Waals surface area contributed by atoms with Crippen LogP contribution >= 0.6 is 0 Å². The van der Waals surface area contributed by atoms with Gasteiger partial charge in [-0.1, -0.05) is 20.8 Å². The van der Waals surface area contributed by atoms with Gasteiger partial charge in [-0.05, 0) is 92.6 Å². The fourth-order valence-corrected chi connectivity index (χ4v) is 6.85. The number of nitro benzene ring substituents is 1. The average molecular weight is 432 g/mol. The smallest absolute Gasteiger partial charge is 0.269 e. The second-order valence-electron chi connectivity index (χ2n) is 11.1. The van der Waals surface area contributed by atoms with E-state index in [9.17, 15) is 15.2 Å². The van der Waals surface area contributed by atoms with Gasteiger partial charge in [0.2, 0.25) is 0 Å². The van der Waals surface area contributed by atoms with Crippen molar-refractivity contribution >= 4 is 5.69 Å². The summed E-state index contributed by atoms with van der Waals surface area (Å²) >= 11 is 0. The summed E-state index contributed by atoms with van der Waals surface area (Å²) < 4.78 is 11.7. The minimum atomic E-state index is -0.601. The lowest BCUT2D eigenvalue weighted by Gasteiger charge is -2.63. The third-order valence-electron chi connectivity index (χ3n) is 9.39. The second-order valence-corrected chi connectivity index (χ2v) is 11.1. The highest BCUT2D eigenvalue weighted by Gasteiger charge is 2.60. The maximum atomic E-state index is 11.4. The topological polar surface area (TPSA) is 81.8 Å². The highest BCUT2D eigenvalue weighted by Crippen LogP contribution is 2.64. The summed E-state index contributed by atoms with van der Waals surface area (Å²) in [5.41, 5.74) is -0.286. The molecule has 1 N–H and O–H groups in total. The van der Waals surface area contributed by atoms with E-state index in [4.69, 9.17) is 9.47 Å². The van der Waals surface area contributed by atoms with Gasteiger partial charge in [0.1, 0.15) is 5.75 Å². The third kappa shape index (κ3) is 3.97. The molecule has 6 unspecified atom stereocenters. The van der Waals surface area contributed by atoms with Crippen molar-refractivity contribution < 1.29 is 19.5 Å². The van der Waals surface area contributed by atoms with Gasteiger partial charge in [-0.2, -0.15) is 0 Å². The Bertz CT molecular complexity index is 805. The SMILES string of the molecule is CC12CCC(OCOc3ccc([N+](=O)[O-])cc3)CC1CCC1C2CCC(C)(C)C1(C)O. The zero-order valence-corrected chi connectivity index (χ0v) is 19.3. The highest BCUT2D eigenvalue weighted by molar-refractivity contribution is 5.35. The summed E-state index contributed by atoms with van der Waals surface area (Å²) in [6.07, 6.45) is 7.97. The van der Waals surface area contributed by atoms with Crippen LogP contribution < -0.4 is 4.74 Å². The Morgan fingerprint density at radius 2 is 1.74 bits per heavy atom. The van der Waals surface area contributed by atoms with Gasteiger partial charge in [-0.25, -0.2) is 0 Å². The summed E-state index contributed by atoms with van der Waals surface area (Å²) in [6.45, 7) is 9.17. The Labute approximate surface area is 185 Å². The highest BCUT2D eigenvalue weighted by atomic mass is 16.7. The summed E-state index contributed by atoms with van der Waals surface area (Å²) in [5.74, 6) is 2.19. The minimum Gasteiger partial charge on any atom is -0.468 e. The van der Waals surface area contributed by atoms with Crippen molar-refractivity contribution in [3.05, 3.63) is 34.4 Å². The molecule has 0 spiro atoms. The van der Waals surface area contributed by atoms with Crippen molar-refractivity contribution in [1.29, 1.82) is 0 Å². The molecule has 172 valence electrons. The van der Waals surface area contributed by atoms with E-state index >= 15 is 0 Å². The predicted octanol–water partition coefficient (Wildman–Crippen LogP) is 5.72. The number of nitrogens with zero attached hydrogens (tertiary/aromatic N) is 1. The van der Waals surface area contributed by atoms with E-state index in [1.54, 1.807) is 12.1 Å². The molecule has 6 heteroatoms. The van der Waals surface area contributed by atoms with Gasteiger partial charge < -0.3 is 14.6 Å². The van der Waals surface area contributed by atoms with Crippen LogP contribution in [0.15, 0.2) is 24.3 Å². The Hall–Kier alpha value is -1.66. The molecule has 6 nitrogen and oxygen atoms in total. The Morgan fingerprint density at radius 3 is 2.42 bits per heavy atom. The minimum absolute atomic E-state index is 0.0209. The number of aliphatic hydroxyl groups is 1. The number of fused-ring (bicyclic) bond motifs is 3. The molecule has 3 saturated carbocycles. The van der Waals surface area contributed by atoms with Gasteiger partial charge in [0.15, 0.2) is 6.79 Å². The Morgan fingerprint density at radius 1 is 1.03 bits per heavy atom. The zero-order chi connectivity index (χ0) is 22.4. The van der Waals surface area contributed by atoms with Crippen molar-refractivity contribution in [2.45, 2.75) is 84.3 Å². The van der Waals surface area contributed by atoms with Crippen LogP contribution in [0.25, 0.3) is 0 Å². The number of hydrogen-bond donors (Lipinski definition) is 1. The monoisotopic (exact) mass is 431 g/mol. The summed E-state index contributed by atoms with van der Waals surface area (Å²) in [7, 11) is 0. The quantitative estimate of drug-likeness (QED) is 0.366. The van der Waals surface area contributed by atoms with Crippen molar-refractivity contribution in [1.82, 2.24) is 0 Å². The van der Waals surface area contributed by atoms with Crippen LogP contribution in [0.2, 0.25) is 0 Å². The molecule has 31 heavy (non-hydrogen) atoms. The van der Waals surface area contributed by atoms with E-state index in [-0.39, 0.29) is 29.4 Å². The Kier molecular flexibility index (Phi) is 5.84. The number of nitro groups is 1. The number of ether oxygens (including phenoxy) is 2. The van der Waals surface area contributed by atoms with Crippen LogP contribution in [-0.2, 0) is 4.74 Å². The van der Waals surface area contributed by atoms with Crippen LogP contribution in [0.5, 0.6) is 5.75 Å². The molecule has 0 bridgehead atoms. The zero-order valence-electron chi connectivity index (χ0n) is 19.3. The van der Waals surface area contributed by atoms with Crippen molar-refractivity contribution in [2.24, 2.45) is 28.6 Å². The van der Waals surface area contributed by atoms with Gasteiger partial charge in [-0.3, -0.25) is 10.1 Å². The van der Waals surface area contributed by atoms with Crippen molar-refractivity contribution in [3.8, 4) is 5.75 Å². The van der Waals surface area contributed by atoms with Gasteiger partial charge in [-0.15, -0.1) is 0 Å². The molecular formula is C25H37NO5. The molecule has 1 aromatic carbocycles. The van der Waals surface area contributed by atoms with Crippen LogP contribution in [0.4, 0.5) is 5.69 Å². The van der Waals surface area contributed by atoms with E-state index in [1.165, 1.54) is 18.6 Å². The van der Waals surface area contributed by atoms with Crippen LogP contribution in [-0.4, -0.2) is 28.5 Å². The normalized spacial score (nSPS) is 39.3. The fraction of sp³-hybridized carbons (Fsp3) is 0.760. The van der Waals surface area contributed by atoms with E-state index in [0.29, 0.717) is 23.5 Å². The lowest BCUT2D eigenvalue weighted by atomic mass is 9.44. The maximum Gasteiger partial charge on any atom is 0.269 e. The molecule has 3 fully saturated rings. The number of non-ortho nitro benzene ring substituents is 1. The molecule has 3 aliphatic carbocycles. The van der Waals surface area contributed by atoms with Crippen molar-refractivity contribution in [3.63, 3.8) is 0 Å². The van der Waals surface area contributed by atoms with E-state index in [2.05, 4.69) is 27.7 Å². The van der Waals surface area contributed by atoms with Gasteiger partial charge in [0.05, 0.1) is 16.6 Å². The van der Waals surface area contributed by atoms with Crippen LogP contribution in [0.1, 0.15) is 72.6 Å². The van der Waals surface area contributed by atoms with Gasteiger partial charge >= 0.3 is 0 Å². The summed E-state index contributed by atoms with van der Waals surface area (Å²) in [4.78, 5) is 10.3. The molecule has 0 aliphatic heterocycles. The number of hydrogen-bond acceptors (Lipinski definition) is 5. The van der Waals surface area contributed by atoms with Crippen LogP contribution in [0.3, 0.4) is 0 Å². The third-order valence-corrected chi connectivity index (χ3v) is 9.39. The lowest BCUT2D eigenvalue weighted by Crippen LogP contribution is -2.61.